The van der Waals surface area contributed by atoms with Crippen LogP contribution in [-0.4, -0.2) is 34.1 Å². The number of nitrogens with one attached hydrogen (secondary N) is 2. The molecule has 7 heteroatoms. The van der Waals surface area contributed by atoms with E-state index in [1.54, 1.807) is 19.5 Å². The predicted molar refractivity (Wildman–Crippen MR) is 106 cm³/mol. The number of carbonyl (C=O) groups excluding carboxylic acids is 1. The Bertz CT molecular complexity index is 1200. The molecular formula is C21H23N4O3+. The van der Waals surface area contributed by atoms with Crippen LogP contribution in [0.25, 0.3) is 32.8 Å². The number of aryl methyl sites for hydroxylation is 1. The van der Waals surface area contributed by atoms with Gasteiger partial charge >= 0.3 is 5.97 Å². The van der Waals surface area contributed by atoms with Crippen molar-refractivity contribution in [3.05, 3.63) is 41.5 Å². The van der Waals surface area contributed by atoms with Crippen molar-refractivity contribution in [3.63, 3.8) is 0 Å². The molecular weight excluding hydrogens is 356 g/mol. The Morgan fingerprint density at radius 3 is 2.79 bits per heavy atom. The SMILES string of the molecule is CCc1c(C(=O)OC(C)C)[nH+]cc2nc3ccc4[nH]c(COC)cnc4c3c12. The summed E-state index contributed by atoms with van der Waals surface area (Å²) in [6, 6.07) is 3.94. The van der Waals surface area contributed by atoms with Gasteiger partial charge in [0.25, 0.3) is 5.69 Å². The number of pyridine rings is 1. The number of nitrogens with zero attached hydrogens (tertiary/aromatic N) is 2. The number of carbonyl (C=O) groups is 1. The molecule has 28 heavy (non-hydrogen) atoms. The number of ether oxygens (including phenoxy) is 2. The summed E-state index contributed by atoms with van der Waals surface area (Å²) in [5, 5.41) is 1.88. The Morgan fingerprint density at radius 1 is 1.25 bits per heavy atom. The second-order valence-electron chi connectivity index (χ2n) is 7.02. The Balaban J connectivity index is 2.03. The number of aromatic amines is 2. The van der Waals surface area contributed by atoms with Crippen molar-refractivity contribution in [2.75, 3.05) is 7.11 Å². The van der Waals surface area contributed by atoms with Gasteiger partial charge in [-0.15, -0.1) is 0 Å². The predicted octanol–water partition coefficient (Wildman–Crippen LogP) is 3.35. The van der Waals surface area contributed by atoms with Gasteiger partial charge in [0.15, 0.2) is 6.20 Å². The van der Waals surface area contributed by atoms with Crippen LogP contribution < -0.4 is 4.98 Å². The van der Waals surface area contributed by atoms with Crippen LogP contribution in [0, 0.1) is 0 Å². The summed E-state index contributed by atoms with van der Waals surface area (Å²) in [5.41, 5.74) is 5.63. The van der Waals surface area contributed by atoms with Crippen LogP contribution in [0.5, 0.6) is 0 Å². The molecule has 0 unspecified atom stereocenters. The second-order valence-corrected chi connectivity index (χ2v) is 7.02. The number of methoxy groups -OCH3 is 1. The van der Waals surface area contributed by atoms with Crippen molar-refractivity contribution in [2.45, 2.75) is 39.9 Å². The summed E-state index contributed by atoms with van der Waals surface area (Å²) in [6.07, 6.45) is 4.02. The number of H-pyrrole nitrogens is 2. The van der Waals surface area contributed by atoms with E-state index in [0.717, 1.165) is 44.1 Å². The highest BCUT2D eigenvalue weighted by molar-refractivity contribution is 6.19. The molecule has 0 saturated heterocycles. The summed E-state index contributed by atoms with van der Waals surface area (Å²) in [5.74, 6) is -0.356. The van der Waals surface area contributed by atoms with E-state index in [4.69, 9.17) is 14.5 Å². The smallest absolute Gasteiger partial charge is 0.404 e. The number of rotatable bonds is 5. The minimum absolute atomic E-state index is 0.188. The maximum Gasteiger partial charge on any atom is 0.404 e. The molecule has 4 aromatic rings. The lowest BCUT2D eigenvalue weighted by Crippen LogP contribution is -2.24. The fourth-order valence-electron chi connectivity index (χ4n) is 3.62. The van der Waals surface area contributed by atoms with Crippen molar-refractivity contribution < 1.29 is 19.3 Å². The highest BCUT2D eigenvalue weighted by Crippen LogP contribution is 2.33. The Kier molecular flexibility index (Phi) is 4.68. The largest absolute Gasteiger partial charge is 0.455 e. The lowest BCUT2D eigenvalue weighted by molar-refractivity contribution is -0.382. The van der Waals surface area contributed by atoms with Crippen LogP contribution >= 0.6 is 0 Å². The highest BCUT2D eigenvalue weighted by Gasteiger charge is 2.26. The minimum Gasteiger partial charge on any atom is -0.455 e. The Labute approximate surface area is 162 Å². The molecule has 0 amide bonds. The zero-order valence-electron chi connectivity index (χ0n) is 16.4. The van der Waals surface area contributed by atoms with E-state index >= 15 is 0 Å². The maximum atomic E-state index is 12.6. The van der Waals surface area contributed by atoms with Crippen LogP contribution in [0.1, 0.15) is 42.5 Å². The van der Waals surface area contributed by atoms with Crippen LogP contribution in [0.2, 0.25) is 0 Å². The molecule has 4 rings (SSSR count). The van der Waals surface area contributed by atoms with Crippen LogP contribution in [-0.2, 0) is 22.5 Å². The van der Waals surface area contributed by atoms with E-state index in [-0.39, 0.29) is 12.1 Å². The summed E-state index contributed by atoms with van der Waals surface area (Å²) in [4.78, 5) is 28.5. The molecule has 0 fully saturated rings. The quantitative estimate of drug-likeness (QED) is 0.537. The summed E-state index contributed by atoms with van der Waals surface area (Å²) in [6.45, 7) is 6.16. The Morgan fingerprint density at radius 2 is 2.07 bits per heavy atom. The van der Waals surface area contributed by atoms with Gasteiger partial charge in [-0.2, -0.15) is 0 Å². The van der Waals surface area contributed by atoms with Gasteiger partial charge in [-0.1, -0.05) is 6.92 Å². The van der Waals surface area contributed by atoms with Crippen molar-refractivity contribution in [3.8, 4) is 0 Å². The van der Waals surface area contributed by atoms with E-state index in [9.17, 15) is 4.79 Å². The third-order valence-electron chi connectivity index (χ3n) is 4.70. The lowest BCUT2D eigenvalue weighted by atomic mass is 10.0. The zero-order valence-corrected chi connectivity index (χ0v) is 16.4. The number of hydrogen-bond donors (Lipinski definition) is 1. The van der Waals surface area contributed by atoms with Gasteiger partial charge in [-0.25, -0.2) is 14.8 Å². The van der Waals surface area contributed by atoms with Crippen LogP contribution in [0.4, 0.5) is 0 Å². The molecule has 0 atom stereocenters. The van der Waals surface area contributed by atoms with E-state index in [1.807, 2.05) is 32.9 Å². The third-order valence-corrected chi connectivity index (χ3v) is 4.70. The zero-order chi connectivity index (χ0) is 19.8. The van der Waals surface area contributed by atoms with Crippen LogP contribution in [0.15, 0.2) is 24.5 Å². The van der Waals surface area contributed by atoms with Gasteiger partial charge in [0.1, 0.15) is 5.52 Å². The van der Waals surface area contributed by atoms with Gasteiger partial charge in [-0.05, 0) is 32.4 Å². The molecule has 0 aliphatic heterocycles. The minimum atomic E-state index is -0.356. The van der Waals surface area contributed by atoms with Gasteiger partial charge < -0.3 is 14.5 Å². The second kappa shape index (κ2) is 7.16. The standard InChI is InChI=1S/C21H22N4O3/c1-5-13-17-16(9-23-19(13)21(26)28-11(2)3)25-14-6-7-15-20(18(14)17)22-8-12(24-15)10-27-4/h6-9,11,24H,5,10H2,1-4H3/p+1. The third kappa shape index (κ3) is 2.97. The molecule has 3 heterocycles. The molecule has 0 saturated carbocycles. The average molecular weight is 379 g/mol. The molecule has 0 radical (unpaired) electrons. The number of aromatic nitrogens is 4. The van der Waals surface area contributed by atoms with E-state index in [2.05, 4.69) is 15.0 Å². The van der Waals surface area contributed by atoms with Gasteiger partial charge in [0.05, 0.1) is 35.0 Å². The number of benzene rings is 1. The molecule has 0 aliphatic rings. The molecule has 7 nitrogen and oxygen atoms in total. The number of hydrogen-bond acceptors (Lipinski definition) is 5. The fourth-order valence-corrected chi connectivity index (χ4v) is 3.62. The van der Waals surface area contributed by atoms with Gasteiger partial charge in [0, 0.05) is 29.6 Å². The summed E-state index contributed by atoms with van der Waals surface area (Å²) in [7, 11) is 1.65. The summed E-state index contributed by atoms with van der Waals surface area (Å²) < 4.78 is 10.6. The van der Waals surface area contributed by atoms with Crippen molar-refractivity contribution in [1.82, 2.24) is 15.0 Å². The topological polar surface area (TPSA) is 91.2 Å². The normalized spacial score (nSPS) is 11.8. The lowest BCUT2D eigenvalue weighted by Gasteiger charge is -2.08. The molecule has 0 bridgehead atoms. The van der Waals surface area contributed by atoms with E-state index in [0.29, 0.717) is 18.7 Å². The molecule has 1 aromatic carbocycles. The van der Waals surface area contributed by atoms with Crippen molar-refractivity contribution in [2.24, 2.45) is 0 Å². The summed E-state index contributed by atoms with van der Waals surface area (Å²) >= 11 is 0. The fraction of sp³-hybridized carbons (Fsp3) is 0.333. The average Bonchev–Trinajstić information content (AvgIpc) is 3.05. The first kappa shape index (κ1) is 18.3. The van der Waals surface area contributed by atoms with Gasteiger partial charge in [-0.3, -0.25) is 4.98 Å². The molecule has 144 valence electrons. The van der Waals surface area contributed by atoms with Gasteiger partial charge in [0.2, 0.25) is 0 Å². The number of esters is 1. The van der Waals surface area contributed by atoms with Crippen molar-refractivity contribution >= 4 is 38.8 Å². The molecule has 2 N–H and O–H groups in total. The maximum absolute atomic E-state index is 12.6. The van der Waals surface area contributed by atoms with Crippen molar-refractivity contribution in [1.29, 1.82) is 0 Å². The first-order valence-corrected chi connectivity index (χ1v) is 9.37. The molecule has 0 spiro atoms. The highest BCUT2D eigenvalue weighted by atomic mass is 16.5. The first-order valence-electron chi connectivity index (χ1n) is 9.37. The molecule has 3 aromatic heterocycles. The first-order chi connectivity index (χ1) is 13.5. The number of fused-ring (bicyclic) bond motifs is 5. The van der Waals surface area contributed by atoms with E-state index in [1.165, 1.54) is 0 Å². The van der Waals surface area contributed by atoms with E-state index < -0.39 is 0 Å². The Hall–Kier alpha value is -3.06. The van der Waals surface area contributed by atoms with Crippen LogP contribution in [0.3, 0.4) is 0 Å². The monoisotopic (exact) mass is 379 g/mol. The molecule has 0 aliphatic carbocycles.